The van der Waals surface area contributed by atoms with Crippen molar-refractivity contribution in [1.29, 1.82) is 0 Å². The topological polar surface area (TPSA) is 108 Å². The van der Waals surface area contributed by atoms with Crippen molar-refractivity contribution < 1.29 is 23.9 Å². The highest BCUT2D eigenvalue weighted by Crippen LogP contribution is 2.49. The first-order chi connectivity index (χ1) is 20.8. The van der Waals surface area contributed by atoms with Gasteiger partial charge in [-0.05, 0) is 75.2 Å². The minimum Gasteiger partial charge on any atom is -0.492 e. The lowest BCUT2D eigenvalue weighted by Crippen LogP contribution is -2.52. The van der Waals surface area contributed by atoms with Crippen molar-refractivity contribution in [2.75, 3.05) is 25.0 Å². The first-order valence-electron chi connectivity index (χ1n) is 14.9. The minimum absolute atomic E-state index is 0.101. The number of aryl methyl sites for hydroxylation is 1. The van der Waals surface area contributed by atoms with Crippen LogP contribution in [-0.4, -0.2) is 59.2 Å². The number of rotatable bonds is 5. The molecule has 2 N–H and O–H groups in total. The standard InChI is InChI=1S/C34H34N4O5/c1-21-5-7-23(8-6-21)31(40)35-24-4-2-3-22(17-24)18-37-15-13-34(14-16-37)20-43-30-26-19-38(28-11-12-29(39)36-32(28)41)33(42)25(26)9-10-27(30)34/h2-10,17,28H,11-16,18-20H2,1H3,(H,35,40)(H,36,39,41). The second-order valence-electron chi connectivity index (χ2n) is 12.2. The molecule has 2 saturated heterocycles. The fraction of sp³-hybridized carbons (Fsp3) is 0.353. The van der Waals surface area contributed by atoms with Gasteiger partial charge in [-0.2, -0.15) is 0 Å². The third kappa shape index (κ3) is 4.97. The molecule has 0 aliphatic carbocycles. The van der Waals surface area contributed by atoms with E-state index in [-0.39, 0.29) is 29.6 Å². The average molecular weight is 579 g/mol. The summed E-state index contributed by atoms with van der Waals surface area (Å²) < 4.78 is 6.32. The summed E-state index contributed by atoms with van der Waals surface area (Å²) in [7, 11) is 0. The quantitative estimate of drug-likeness (QED) is 0.445. The van der Waals surface area contributed by atoms with E-state index in [0.29, 0.717) is 30.7 Å². The van der Waals surface area contributed by atoms with Crippen LogP contribution >= 0.6 is 0 Å². The van der Waals surface area contributed by atoms with Crippen molar-refractivity contribution in [3.63, 3.8) is 0 Å². The molecule has 2 fully saturated rings. The van der Waals surface area contributed by atoms with E-state index in [1.54, 1.807) is 4.90 Å². The molecule has 9 nitrogen and oxygen atoms in total. The highest BCUT2D eigenvalue weighted by atomic mass is 16.5. The Hall–Kier alpha value is -4.50. The number of imide groups is 1. The van der Waals surface area contributed by atoms with E-state index in [2.05, 4.69) is 21.6 Å². The van der Waals surface area contributed by atoms with E-state index < -0.39 is 11.9 Å². The van der Waals surface area contributed by atoms with Gasteiger partial charge < -0.3 is 15.0 Å². The molecule has 1 unspecified atom stereocenters. The van der Waals surface area contributed by atoms with Crippen LogP contribution in [-0.2, 0) is 28.1 Å². The van der Waals surface area contributed by atoms with E-state index in [9.17, 15) is 19.2 Å². The SMILES string of the molecule is Cc1ccc(C(=O)Nc2cccc(CN3CCC4(CC3)COc3c4ccc4c3CN(C3CCC(=O)NC3=O)C4=O)c2)cc1. The summed E-state index contributed by atoms with van der Waals surface area (Å²) in [5.41, 5.74) is 6.18. The number of piperidine rings is 2. The van der Waals surface area contributed by atoms with Gasteiger partial charge in [-0.15, -0.1) is 0 Å². The van der Waals surface area contributed by atoms with Crippen LogP contribution < -0.4 is 15.4 Å². The van der Waals surface area contributed by atoms with Crippen LogP contribution in [0.15, 0.2) is 60.7 Å². The minimum atomic E-state index is -0.638. The molecule has 3 aromatic rings. The fourth-order valence-corrected chi connectivity index (χ4v) is 6.95. The number of benzene rings is 3. The molecule has 3 aromatic carbocycles. The van der Waals surface area contributed by atoms with Crippen molar-refractivity contribution >= 4 is 29.3 Å². The first kappa shape index (κ1) is 27.3. The average Bonchev–Trinajstić information content (AvgIpc) is 3.52. The van der Waals surface area contributed by atoms with Crippen LogP contribution in [0.25, 0.3) is 0 Å². The summed E-state index contributed by atoms with van der Waals surface area (Å²) in [6, 6.07) is 18.9. The Morgan fingerprint density at radius 3 is 2.60 bits per heavy atom. The van der Waals surface area contributed by atoms with E-state index >= 15 is 0 Å². The van der Waals surface area contributed by atoms with E-state index in [1.165, 1.54) is 0 Å². The number of nitrogens with zero attached hydrogens (tertiary/aromatic N) is 2. The molecule has 4 amide bonds. The van der Waals surface area contributed by atoms with Gasteiger partial charge in [0, 0.05) is 46.3 Å². The lowest BCUT2D eigenvalue weighted by molar-refractivity contribution is -0.136. The van der Waals surface area contributed by atoms with Crippen LogP contribution in [0.1, 0.15) is 68.7 Å². The Morgan fingerprint density at radius 2 is 1.84 bits per heavy atom. The van der Waals surface area contributed by atoms with Crippen LogP contribution in [0.3, 0.4) is 0 Å². The lowest BCUT2D eigenvalue weighted by atomic mass is 9.74. The predicted octanol–water partition coefficient (Wildman–Crippen LogP) is 3.93. The van der Waals surface area contributed by atoms with Gasteiger partial charge in [0.05, 0.1) is 13.2 Å². The first-order valence-corrected chi connectivity index (χ1v) is 14.9. The number of hydrogen-bond donors (Lipinski definition) is 2. The fourth-order valence-electron chi connectivity index (χ4n) is 6.95. The zero-order valence-corrected chi connectivity index (χ0v) is 24.2. The van der Waals surface area contributed by atoms with Gasteiger partial charge in [-0.1, -0.05) is 35.9 Å². The van der Waals surface area contributed by atoms with E-state index in [0.717, 1.165) is 66.2 Å². The maximum absolute atomic E-state index is 13.3. The summed E-state index contributed by atoms with van der Waals surface area (Å²) in [5, 5.41) is 5.39. The number of likely N-dealkylation sites (tertiary alicyclic amines) is 1. The monoisotopic (exact) mass is 578 g/mol. The summed E-state index contributed by atoms with van der Waals surface area (Å²) in [4.78, 5) is 54.1. The number of carbonyl (C=O) groups excluding carboxylic acids is 4. The lowest BCUT2D eigenvalue weighted by Gasteiger charge is -2.38. The second kappa shape index (κ2) is 10.6. The highest BCUT2D eigenvalue weighted by molar-refractivity contribution is 6.06. The molecule has 1 spiro atoms. The third-order valence-corrected chi connectivity index (χ3v) is 9.45. The number of ether oxygens (including phenoxy) is 1. The Morgan fingerprint density at radius 1 is 1.05 bits per heavy atom. The molecule has 0 saturated carbocycles. The number of anilines is 1. The van der Waals surface area contributed by atoms with Crippen molar-refractivity contribution in [2.45, 2.75) is 57.2 Å². The van der Waals surface area contributed by atoms with Gasteiger partial charge in [0.2, 0.25) is 11.8 Å². The zero-order chi connectivity index (χ0) is 29.7. The van der Waals surface area contributed by atoms with Crippen LogP contribution in [0.2, 0.25) is 0 Å². The zero-order valence-electron chi connectivity index (χ0n) is 24.2. The van der Waals surface area contributed by atoms with Gasteiger partial charge >= 0.3 is 0 Å². The van der Waals surface area contributed by atoms with E-state index in [1.807, 2.05) is 61.5 Å². The van der Waals surface area contributed by atoms with Gasteiger partial charge in [0.1, 0.15) is 11.8 Å². The summed E-state index contributed by atoms with van der Waals surface area (Å²) >= 11 is 0. The maximum Gasteiger partial charge on any atom is 0.255 e. The smallest absolute Gasteiger partial charge is 0.255 e. The summed E-state index contributed by atoms with van der Waals surface area (Å²) in [6.07, 6.45) is 2.45. The predicted molar refractivity (Wildman–Crippen MR) is 160 cm³/mol. The van der Waals surface area contributed by atoms with Crippen LogP contribution in [0.4, 0.5) is 5.69 Å². The molecule has 4 aliphatic rings. The third-order valence-electron chi connectivity index (χ3n) is 9.45. The summed E-state index contributed by atoms with van der Waals surface area (Å²) in [6.45, 7) is 5.50. The van der Waals surface area contributed by atoms with Gasteiger partial charge in [-0.25, -0.2) is 0 Å². The number of hydrogen-bond acceptors (Lipinski definition) is 6. The number of carbonyl (C=O) groups is 4. The molecule has 0 bridgehead atoms. The van der Waals surface area contributed by atoms with Crippen molar-refractivity contribution in [1.82, 2.24) is 15.1 Å². The number of fused-ring (bicyclic) bond motifs is 4. The Balaban J connectivity index is 1.01. The molecule has 0 radical (unpaired) electrons. The Kier molecular flexibility index (Phi) is 6.77. The normalized spacial score (nSPS) is 20.9. The molecule has 4 aliphatic heterocycles. The van der Waals surface area contributed by atoms with Crippen molar-refractivity contribution in [3.05, 3.63) is 94.0 Å². The number of amides is 4. The number of nitrogens with one attached hydrogen (secondary N) is 2. The molecule has 0 aromatic heterocycles. The maximum atomic E-state index is 13.3. The van der Waals surface area contributed by atoms with Gasteiger partial charge in [-0.3, -0.25) is 29.4 Å². The van der Waals surface area contributed by atoms with Gasteiger partial charge in [0.25, 0.3) is 11.8 Å². The molecule has 43 heavy (non-hydrogen) atoms. The molecule has 9 heteroatoms. The summed E-state index contributed by atoms with van der Waals surface area (Å²) in [5.74, 6) is -0.195. The van der Waals surface area contributed by atoms with Crippen LogP contribution in [0, 0.1) is 6.92 Å². The largest absolute Gasteiger partial charge is 0.492 e. The molecule has 7 rings (SSSR count). The molecular weight excluding hydrogens is 544 g/mol. The second-order valence-corrected chi connectivity index (χ2v) is 12.2. The van der Waals surface area contributed by atoms with Gasteiger partial charge in [0.15, 0.2) is 0 Å². The highest BCUT2D eigenvalue weighted by Gasteiger charge is 2.47. The van der Waals surface area contributed by atoms with E-state index in [4.69, 9.17) is 4.74 Å². The Labute approximate surface area is 250 Å². The van der Waals surface area contributed by atoms with Crippen molar-refractivity contribution in [2.24, 2.45) is 0 Å². The van der Waals surface area contributed by atoms with Crippen molar-refractivity contribution in [3.8, 4) is 5.75 Å². The Bertz CT molecular complexity index is 1640. The molecule has 1 atom stereocenters. The molecule has 4 heterocycles. The molecule has 220 valence electrons. The van der Waals surface area contributed by atoms with Crippen LogP contribution in [0.5, 0.6) is 5.75 Å². The molecular formula is C34H34N4O5.